The Labute approximate surface area is 224 Å². The summed E-state index contributed by atoms with van der Waals surface area (Å²) in [5.41, 5.74) is 0.170. The summed E-state index contributed by atoms with van der Waals surface area (Å²) in [5.74, 6) is -0.264. The number of nitrogens with zero attached hydrogens (tertiary/aromatic N) is 2. The van der Waals surface area contributed by atoms with E-state index in [0.717, 1.165) is 11.6 Å². The van der Waals surface area contributed by atoms with Crippen molar-refractivity contribution in [3.05, 3.63) is 77.6 Å². The number of para-hydroxylation sites is 1. The summed E-state index contributed by atoms with van der Waals surface area (Å²) in [4.78, 5) is 33.6. The average Bonchev–Trinajstić information content (AvgIpc) is 3.42. The van der Waals surface area contributed by atoms with Crippen LogP contribution in [-0.4, -0.2) is 42.0 Å². The van der Waals surface area contributed by atoms with E-state index >= 15 is 0 Å². The number of halogens is 3. The summed E-state index contributed by atoms with van der Waals surface area (Å²) < 4.78 is 50.2. The number of methoxy groups -OCH3 is 1. The number of nitrogens with one attached hydrogen (secondary N) is 2. The molecule has 0 unspecified atom stereocenters. The van der Waals surface area contributed by atoms with Gasteiger partial charge in [0.25, 0.3) is 0 Å². The number of amides is 1. The predicted molar refractivity (Wildman–Crippen MR) is 138 cm³/mol. The SMILES string of the molecule is COc1ncc(C(=O)CCC[C@@]2(C(=O)NCc3ccc(Nc4ccccc4C(F)(F)F)cc3)CCOC2)cn1. The van der Waals surface area contributed by atoms with Crippen molar-refractivity contribution in [2.24, 2.45) is 5.41 Å². The van der Waals surface area contributed by atoms with Crippen LogP contribution in [0.1, 0.15) is 47.2 Å². The van der Waals surface area contributed by atoms with Crippen molar-refractivity contribution < 1.29 is 32.2 Å². The summed E-state index contributed by atoms with van der Waals surface area (Å²) >= 11 is 0. The topological polar surface area (TPSA) is 102 Å². The lowest BCUT2D eigenvalue weighted by Crippen LogP contribution is -2.41. The van der Waals surface area contributed by atoms with Gasteiger partial charge in [0.15, 0.2) is 5.78 Å². The highest BCUT2D eigenvalue weighted by Crippen LogP contribution is 2.36. The monoisotopic (exact) mass is 542 g/mol. The van der Waals surface area contributed by atoms with Crippen molar-refractivity contribution in [1.29, 1.82) is 0 Å². The summed E-state index contributed by atoms with van der Waals surface area (Å²) in [7, 11) is 1.44. The van der Waals surface area contributed by atoms with Crippen LogP contribution in [0.2, 0.25) is 0 Å². The highest BCUT2D eigenvalue weighted by Gasteiger charge is 2.41. The van der Waals surface area contributed by atoms with Crippen LogP contribution in [0.3, 0.4) is 0 Å². The Kier molecular flexibility index (Phi) is 8.80. The van der Waals surface area contributed by atoms with Gasteiger partial charge in [-0.2, -0.15) is 13.2 Å². The van der Waals surface area contributed by atoms with Gasteiger partial charge in [-0.25, -0.2) is 9.97 Å². The van der Waals surface area contributed by atoms with E-state index in [2.05, 4.69) is 20.6 Å². The van der Waals surface area contributed by atoms with E-state index in [1.165, 1.54) is 37.7 Å². The highest BCUT2D eigenvalue weighted by atomic mass is 19.4. The van der Waals surface area contributed by atoms with Crippen molar-refractivity contribution in [3.63, 3.8) is 0 Å². The molecule has 206 valence electrons. The molecule has 11 heteroatoms. The zero-order valence-electron chi connectivity index (χ0n) is 21.4. The summed E-state index contributed by atoms with van der Waals surface area (Å²) in [5, 5.41) is 5.76. The number of alkyl halides is 3. The van der Waals surface area contributed by atoms with Crippen LogP contribution >= 0.6 is 0 Å². The second-order valence-corrected chi connectivity index (χ2v) is 9.37. The normalized spacial score (nSPS) is 17.0. The fourth-order valence-corrected chi connectivity index (χ4v) is 4.46. The maximum atomic E-state index is 13.3. The lowest BCUT2D eigenvalue weighted by Gasteiger charge is -2.26. The van der Waals surface area contributed by atoms with Gasteiger partial charge in [-0.05, 0) is 49.1 Å². The molecule has 1 aliphatic heterocycles. The van der Waals surface area contributed by atoms with Crippen LogP contribution in [0.4, 0.5) is 24.5 Å². The Morgan fingerprint density at radius 2 is 1.79 bits per heavy atom. The molecule has 3 aromatic rings. The van der Waals surface area contributed by atoms with Gasteiger partial charge >= 0.3 is 12.2 Å². The number of anilines is 2. The van der Waals surface area contributed by atoms with Crippen LogP contribution in [-0.2, 0) is 22.3 Å². The van der Waals surface area contributed by atoms with Crippen molar-refractivity contribution in [1.82, 2.24) is 15.3 Å². The predicted octanol–water partition coefficient (Wildman–Crippen LogP) is 5.32. The number of aromatic nitrogens is 2. The number of hydrogen-bond donors (Lipinski definition) is 2. The van der Waals surface area contributed by atoms with Gasteiger partial charge in [0.1, 0.15) is 0 Å². The number of rotatable bonds is 11. The quantitative estimate of drug-likeness (QED) is 0.316. The Hall–Kier alpha value is -3.99. The van der Waals surface area contributed by atoms with Crippen molar-refractivity contribution >= 4 is 23.1 Å². The first-order valence-electron chi connectivity index (χ1n) is 12.5. The zero-order chi connectivity index (χ0) is 27.9. The molecule has 1 aromatic heterocycles. The van der Waals surface area contributed by atoms with E-state index in [4.69, 9.17) is 9.47 Å². The van der Waals surface area contributed by atoms with Crippen molar-refractivity contribution in [2.75, 3.05) is 25.6 Å². The first kappa shape index (κ1) is 28.0. The molecule has 39 heavy (non-hydrogen) atoms. The third kappa shape index (κ3) is 7.11. The van der Waals surface area contributed by atoms with E-state index in [9.17, 15) is 22.8 Å². The third-order valence-electron chi connectivity index (χ3n) is 6.70. The molecule has 2 N–H and O–H groups in total. The lowest BCUT2D eigenvalue weighted by molar-refractivity contribution is -0.137. The summed E-state index contributed by atoms with van der Waals surface area (Å²) in [6.45, 7) is 0.996. The van der Waals surface area contributed by atoms with Gasteiger partial charge in [0, 0.05) is 37.7 Å². The van der Waals surface area contributed by atoms with E-state index in [1.807, 2.05) is 0 Å². The second-order valence-electron chi connectivity index (χ2n) is 9.37. The molecule has 1 saturated heterocycles. The number of carbonyl (C=O) groups is 2. The Balaban J connectivity index is 1.30. The molecule has 1 amide bonds. The van der Waals surface area contributed by atoms with Gasteiger partial charge in [-0.1, -0.05) is 24.3 Å². The molecule has 0 saturated carbocycles. The van der Waals surface area contributed by atoms with E-state index in [-0.39, 0.29) is 43.0 Å². The first-order chi connectivity index (χ1) is 18.7. The Morgan fingerprint density at radius 3 is 2.44 bits per heavy atom. The number of ether oxygens (including phenoxy) is 2. The van der Waals surface area contributed by atoms with Gasteiger partial charge < -0.3 is 20.1 Å². The molecule has 0 aliphatic carbocycles. The van der Waals surface area contributed by atoms with E-state index in [1.54, 1.807) is 24.3 Å². The van der Waals surface area contributed by atoms with Crippen molar-refractivity contribution in [2.45, 2.75) is 38.4 Å². The minimum Gasteiger partial charge on any atom is -0.467 e. The van der Waals surface area contributed by atoms with Crippen LogP contribution in [0, 0.1) is 5.41 Å². The van der Waals surface area contributed by atoms with Crippen LogP contribution in [0.25, 0.3) is 0 Å². The molecule has 4 rings (SSSR count). The zero-order valence-corrected chi connectivity index (χ0v) is 21.4. The molecule has 0 bridgehead atoms. The fourth-order valence-electron chi connectivity index (χ4n) is 4.46. The standard InChI is InChI=1S/C28H29F3N4O4/c1-38-26-33-16-20(17-34-26)24(36)7-4-12-27(13-14-39-18-27)25(37)32-15-19-8-10-21(11-9-19)35-23-6-3-2-5-22(23)28(29,30)31/h2-3,5-6,8-11,16-17,35H,4,7,12-15,18H2,1H3,(H,32,37)/t27-/m1/s1. The van der Waals surface area contributed by atoms with Gasteiger partial charge in [0.05, 0.1) is 35.9 Å². The van der Waals surface area contributed by atoms with E-state index in [0.29, 0.717) is 37.1 Å². The van der Waals surface area contributed by atoms with Gasteiger partial charge in [-0.15, -0.1) is 0 Å². The number of Topliss-reactive ketones (excluding diaryl/α,β-unsaturated/α-hetero) is 1. The molecular weight excluding hydrogens is 513 g/mol. The molecule has 8 nitrogen and oxygen atoms in total. The molecule has 0 spiro atoms. The minimum atomic E-state index is -4.47. The number of hydrogen-bond acceptors (Lipinski definition) is 7. The van der Waals surface area contributed by atoms with Crippen LogP contribution in [0.5, 0.6) is 6.01 Å². The molecule has 2 aromatic carbocycles. The second kappa shape index (κ2) is 12.2. The highest BCUT2D eigenvalue weighted by molar-refractivity contribution is 5.95. The average molecular weight is 543 g/mol. The minimum absolute atomic E-state index is 0.0350. The van der Waals surface area contributed by atoms with Gasteiger partial charge in [-0.3, -0.25) is 9.59 Å². The Morgan fingerprint density at radius 1 is 1.08 bits per heavy atom. The van der Waals surface area contributed by atoms with Crippen LogP contribution < -0.4 is 15.4 Å². The number of carbonyl (C=O) groups excluding carboxylic acids is 2. The molecule has 2 heterocycles. The summed E-state index contributed by atoms with van der Waals surface area (Å²) in [6.07, 6.45) is 0.169. The smallest absolute Gasteiger partial charge is 0.418 e. The van der Waals surface area contributed by atoms with Gasteiger partial charge in [0.2, 0.25) is 5.91 Å². The lowest BCUT2D eigenvalue weighted by atomic mass is 9.80. The largest absolute Gasteiger partial charge is 0.467 e. The molecular formula is C28H29F3N4O4. The fraction of sp³-hybridized carbons (Fsp3) is 0.357. The summed E-state index contributed by atoms with van der Waals surface area (Å²) in [6, 6.07) is 12.3. The molecule has 1 fully saturated rings. The van der Waals surface area contributed by atoms with Crippen molar-refractivity contribution in [3.8, 4) is 6.01 Å². The van der Waals surface area contributed by atoms with Crippen LogP contribution in [0.15, 0.2) is 60.9 Å². The number of ketones is 1. The molecule has 0 radical (unpaired) electrons. The first-order valence-corrected chi connectivity index (χ1v) is 12.5. The van der Waals surface area contributed by atoms with E-state index < -0.39 is 17.2 Å². The Bertz CT molecular complexity index is 1280. The number of benzene rings is 2. The molecule has 1 atom stereocenters. The maximum Gasteiger partial charge on any atom is 0.418 e. The maximum absolute atomic E-state index is 13.3. The molecule has 1 aliphatic rings. The third-order valence-corrected chi connectivity index (χ3v) is 6.70.